The van der Waals surface area contributed by atoms with Gasteiger partial charge >= 0.3 is 6.01 Å². The molecule has 1 fully saturated rings. The number of nitrogens with one attached hydrogen (secondary N) is 1. The predicted molar refractivity (Wildman–Crippen MR) is 72.5 cm³/mol. The molecule has 1 aromatic rings. The molecule has 104 valence electrons. The van der Waals surface area contributed by atoms with Crippen LogP contribution in [0.25, 0.3) is 0 Å². The molecule has 6 nitrogen and oxygen atoms in total. The van der Waals surface area contributed by atoms with E-state index in [1.807, 2.05) is 4.90 Å². The number of amides is 1. The van der Waals surface area contributed by atoms with E-state index in [2.05, 4.69) is 15.3 Å². The minimum atomic E-state index is 0.0633. The summed E-state index contributed by atoms with van der Waals surface area (Å²) in [5.74, 6) is 0.479. The van der Waals surface area contributed by atoms with E-state index < -0.39 is 0 Å². The van der Waals surface area contributed by atoms with Crippen LogP contribution in [0, 0.1) is 0 Å². The highest BCUT2D eigenvalue weighted by molar-refractivity contribution is 6.32. The molecule has 0 saturated carbocycles. The maximum atomic E-state index is 12.0. The predicted octanol–water partition coefficient (Wildman–Crippen LogP) is 1.56. The average Bonchev–Trinajstić information content (AvgIpc) is 2.47. The lowest BCUT2D eigenvalue weighted by molar-refractivity contribution is -0.130. The van der Waals surface area contributed by atoms with Gasteiger partial charge in [-0.1, -0.05) is 11.6 Å². The van der Waals surface area contributed by atoms with Crippen LogP contribution < -0.4 is 10.1 Å². The van der Waals surface area contributed by atoms with Crippen molar-refractivity contribution in [2.75, 3.05) is 32.1 Å². The molecule has 0 radical (unpaired) electrons. The monoisotopic (exact) mass is 284 g/mol. The Hall–Kier alpha value is -1.56. The summed E-state index contributed by atoms with van der Waals surface area (Å²) in [4.78, 5) is 21.8. The van der Waals surface area contributed by atoms with E-state index in [0.717, 1.165) is 25.9 Å². The van der Waals surface area contributed by atoms with Crippen LogP contribution in [0.5, 0.6) is 6.01 Å². The number of piperidine rings is 1. The molecule has 1 aliphatic heterocycles. The van der Waals surface area contributed by atoms with Gasteiger partial charge in [-0.2, -0.15) is 4.98 Å². The Labute approximate surface area is 117 Å². The first kappa shape index (κ1) is 13.9. The first-order valence-corrected chi connectivity index (χ1v) is 6.66. The number of carbonyl (C=O) groups is 1. The SMILES string of the molecule is COc1ncc(Cl)c(NCC(=O)N2CCCCC2)n1. The fraction of sp³-hybridized carbons (Fsp3) is 0.583. The summed E-state index contributed by atoms with van der Waals surface area (Å²) < 4.78 is 4.92. The van der Waals surface area contributed by atoms with Crippen LogP contribution in [-0.2, 0) is 4.79 Å². The lowest BCUT2D eigenvalue weighted by Crippen LogP contribution is -2.39. The first-order chi connectivity index (χ1) is 9.20. The molecule has 0 atom stereocenters. The smallest absolute Gasteiger partial charge is 0.318 e. The van der Waals surface area contributed by atoms with Crippen molar-refractivity contribution in [1.82, 2.24) is 14.9 Å². The first-order valence-electron chi connectivity index (χ1n) is 6.29. The zero-order valence-corrected chi connectivity index (χ0v) is 11.6. The molecule has 1 N–H and O–H groups in total. The second-order valence-electron chi connectivity index (χ2n) is 4.35. The number of hydrogen-bond donors (Lipinski definition) is 1. The number of halogens is 1. The molecule has 1 aliphatic rings. The summed E-state index contributed by atoms with van der Waals surface area (Å²) in [5, 5.41) is 3.30. The van der Waals surface area contributed by atoms with E-state index in [1.54, 1.807) is 0 Å². The summed E-state index contributed by atoms with van der Waals surface area (Å²) in [6, 6.07) is 0.220. The molecular formula is C12H17ClN4O2. The summed E-state index contributed by atoms with van der Waals surface area (Å²) in [5.41, 5.74) is 0. The maximum Gasteiger partial charge on any atom is 0.318 e. The molecular weight excluding hydrogens is 268 g/mol. The molecule has 2 rings (SSSR count). The topological polar surface area (TPSA) is 67.3 Å². The van der Waals surface area contributed by atoms with Crippen molar-refractivity contribution < 1.29 is 9.53 Å². The number of methoxy groups -OCH3 is 1. The lowest BCUT2D eigenvalue weighted by Gasteiger charge is -2.26. The highest BCUT2D eigenvalue weighted by atomic mass is 35.5. The molecule has 1 aromatic heterocycles. The van der Waals surface area contributed by atoms with Crippen molar-refractivity contribution in [3.8, 4) is 6.01 Å². The molecule has 1 saturated heterocycles. The van der Waals surface area contributed by atoms with Gasteiger partial charge in [-0.25, -0.2) is 4.98 Å². The van der Waals surface area contributed by atoms with E-state index in [0.29, 0.717) is 10.8 Å². The van der Waals surface area contributed by atoms with Gasteiger partial charge in [0.2, 0.25) is 5.91 Å². The largest absolute Gasteiger partial charge is 0.467 e. The van der Waals surface area contributed by atoms with E-state index in [-0.39, 0.29) is 18.5 Å². The Morgan fingerprint density at radius 3 is 2.89 bits per heavy atom. The number of anilines is 1. The van der Waals surface area contributed by atoms with E-state index in [4.69, 9.17) is 16.3 Å². The van der Waals surface area contributed by atoms with Gasteiger partial charge in [-0.15, -0.1) is 0 Å². The summed E-state index contributed by atoms with van der Waals surface area (Å²) in [6.07, 6.45) is 4.80. The zero-order valence-electron chi connectivity index (χ0n) is 10.9. The average molecular weight is 285 g/mol. The number of likely N-dealkylation sites (tertiary alicyclic amines) is 1. The molecule has 0 aliphatic carbocycles. The molecule has 1 amide bonds. The number of rotatable bonds is 4. The van der Waals surface area contributed by atoms with Gasteiger partial charge in [0, 0.05) is 13.1 Å². The highest BCUT2D eigenvalue weighted by Crippen LogP contribution is 2.20. The molecule has 7 heteroatoms. The van der Waals surface area contributed by atoms with Crippen molar-refractivity contribution in [2.45, 2.75) is 19.3 Å². The quantitative estimate of drug-likeness (QED) is 0.909. The fourth-order valence-electron chi connectivity index (χ4n) is 1.99. The minimum Gasteiger partial charge on any atom is -0.467 e. The van der Waals surface area contributed by atoms with E-state index in [9.17, 15) is 4.79 Å². The van der Waals surface area contributed by atoms with Crippen LogP contribution in [0.15, 0.2) is 6.20 Å². The van der Waals surface area contributed by atoms with E-state index >= 15 is 0 Å². The Balaban J connectivity index is 1.92. The van der Waals surface area contributed by atoms with Crippen molar-refractivity contribution >= 4 is 23.3 Å². The second kappa shape index (κ2) is 6.56. The highest BCUT2D eigenvalue weighted by Gasteiger charge is 2.16. The van der Waals surface area contributed by atoms with Crippen molar-refractivity contribution in [3.63, 3.8) is 0 Å². The Morgan fingerprint density at radius 2 is 2.21 bits per heavy atom. The van der Waals surface area contributed by atoms with Crippen molar-refractivity contribution in [3.05, 3.63) is 11.2 Å². The number of carbonyl (C=O) groups excluding carboxylic acids is 1. The van der Waals surface area contributed by atoms with Gasteiger partial charge in [0.25, 0.3) is 0 Å². The third-order valence-electron chi connectivity index (χ3n) is 3.02. The third kappa shape index (κ3) is 3.70. The Bertz CT molecular complexity index is 449. The van der Waals surface area contributed by atoms with Gasteiger partial charge in [0.05, 0.1) is 19.9 Å². The normalized spacial score (nSPS) is 15.2. The van der Waals surface area contributed by atoms with Gasteiger partial charge in [0.1, 0.15) is 5.02 Å². The Morgan fingerprint density at radius 1 is 1.47 bits per heavy atom. The van der Waals surface area contributed by atoms with Gasteiger partial charge in [-0.3, -0.25) is 4.79 Å². The van der Waals surface area contributed by atoms with Gasteiger partial charge in [-0.05, 0) is 19.3 Å². The Kier molecular flexibility index (Phi) is 4.79. The number of hydrogen-bond acceptors (Lipinski definition) is 5. The van der Waals surface area contributed by atoms with Crippen molar-refractivity contribution in [1.29, 1.82) is 0 Å². The molecule has 2 heterocycles. The molecule has 0 aromatic carbocycles. The van der Waals surface area contributed by atoms with Crippen LogP contribution in [0.4, 0.5) is 5.82 Å². The number of nitrogens with zero attached hydrogens (tertiary/aromatic N) is 3. The number of aromatic nitrogens is 2. The van der Waals surface area contributed by atoms with Crippen LogP contribution in [0.3, 0.4) is 0 Å². The maximum absolute atomic E-state index is 12.0. The number of ether oxygens (including phenoxy) is 1. The van der Waals surface area contributed by atoms with Gasteiger partial charge < -0.3 is 15.0 Å². The van der Waals surface area contributed by atoms with E-state index in [1.165, 1.54) is 19.7 Å². The minimum absolute atomic E-state index is 0.0633. The zero-order chi connectivity index (χ0) is 13.7. The molecule has 19 heavy (non-hydrogen) atoms. The lowest BCUT2D eigenvalue weighted by atomic mass is 10.1. The third-order valence-corrected chi connectivity index (χ3v) is 3.30. The summed E-state index contributed by atoms with van der Waals surface area (Å²) in [7, 11) is 1.48. The van der Waals surface area contributed by atoms with Crippen LogP contribution in [0.2, 0.25) is 5.02 Å². The fourth-order valence-corrected chi connectivity index (χ4v) is 2.15. The summed E-state index contributed by atoms with van der Waals surface area (Å²) in [6.45, 7) is 1.85. The second-order valence-corrected chi connectivity index (χ2v) is 4.76. The molecule has 0 bridgehead atoms. The standard InChI is InChI=1S/C12H17ClN4O2/c1-19-12-15-7-9(13)11(16-12)14-8-10(18)17-5-3-2-4-6-17/h7H,2-6,8H2,1H3,(H,14,15,16). The molecule has 0 spiro atoms. The van der Waals surface area contributed by atoms with Crippen LogP contribution in [-0.4, -0.2) is 47.5 Å². The van der Waals surface area contributed by atoms with Crippen LogP contribution in [0.1, 0.15) is 19.3 Å². The van der Waals surface area contributed by atoms with Gasteiger partial charge in [0.15, 0.2) is 5.82 Å². The molecule has 0 unspecified atom stereocenters. The summed E-state index contributed by atoms with van der Waals surface area (Å²) >= 11 is 5.95. The van der Waals surface area contributed by atoms with Crippen LogP contribution >= 0.6 is 11.6 Å². The van der Waals surface area contributed by atoms with Crippen molar-refractivity contribution in [2.24, 2.45) is 0 Å².